The van der Waals surface area contributed by atoms with Crippen molar-refractivity contribution in [3.05, 3.63) is 41.7 Å². The maximum Gasteiger partial charge on any atom is 0.267 e. The molecule has 34 heavy (non-hydrogen) atoms. The van der Waals surface area contributed by atoms with E-state index in [4.69, 9.17) is 10.5 Å². The SMILES string of the molecule is CCC(CC)NC(=O)C[C@H]1CC[C@H](c2ccc(N3CCOc4ncnc(N)c4C3=O)cc2)CC1. The van der Waals surface area contributed by atoms with E-state index in [1.54, 1.807) is 4.90 Å². The number of hydrogen-bond donors (Lipinski definition) is 2. The number of ether oxygens (including phenoxy) is 1. The lowest BCUT2D eigenvalue weighted by molar-refractivity contribution is -0.123. The minimum absolute atomic E-state index is 0.129. The van der Waals surface area contributed by atoms with Gasteiger partial charge in [0.25, 0.3) is 5.91 Å². The molecule has 3 N–H and O–H groups in total. The van der Waals surface area contributed by atoms with Crippen LogP contribution in [-0.4, -0.2) is 41.0 Å². The van der Waals surface area contributed by atoms with Crippen LogP contribution in [0.25, 0.3) is 0 Å². The largest absolute Gasteiger partial charge is 0.475 e. The van der Waals surface area contributed by atoms with Crippen LogP contribution in [0.2, 0.25) is 0 Å². The van der Waals surface area contributed by atoms with E-state index in [-0.39, 0.29) is 29.1 Å². The van der Waals surface area contributed by atoms with Gasteiger partial charge >= 0.3 is 0 Å². The van der Waals surface area contributed by atoms with Gasteiger partial charge in [0.05, 0.1) is 6.54 Å². The predicted molar refractivity (Wildman–Crippen MR) is 132 cm³/mol. The van der Waals surface area contributed by atoms with Gasteiger partial charge in [-0.05, 0) is 68.1 Å². The third-order valence-electron chi connectivity index (χ3n) is 7.20. The van der Waals surface area contributed by atoms with Gasteiger partial charge in [-0.3, -0.25) is 9.59 Å². The zero-order valence-corrected chi connectivity index (χ0v) is 20.1. The number of nitrogens with one attached hydrogen (secondary N) is 1. The van der Waals surface area contributed by atoms with Crippen LogP contribution in [-0.2, 0) is 4.79 Å². The van der Waals surface area contributed by atoms with Gasteiger partial charge in [0.1, 0.15) is 24.3 Å². The summed E-state index contributed by atoms with van der Waals surface area (Å²) in [5, 5.41) is 3.17. The molecular weight excluding hydrogens is 430 g/mol. The number of aromatic nitrogens is 2. The van der Waals surface area contributed by atoms with Crippen LogP contribution >= 0.6 is 0 Å². The second-order valence-corrected chi connectivity index (χ2v) is 9.34. The molecule has 8 heteroatoms. The van der Waals surface area contributed by atoms with Gasteiger partial charge in [-0.15, -0.1) is 0 Å². The van der Waals surface area contributed by atoms with Gasteiger partial charge in [0.2, 0.25) is 11.8 Å². The summed E-state index contributed by atoms with van der Waals surface area (Å²) >= 11 is 0. The first-order valence-electron chi connectivity index (χ1n) is 12.4. The molecule has 0 atom stereocenters. The molecule has 0 bridgehead atoms. The van der Waals surface area contributed by atoms with Gasteiger partial charge in [-0.2, -0.15) is 0 Å². The summed E-state index contributed by atoms with van der Waals surface area (Å²) < 4.78 is 5.62. The fourth-order valence-electron chi connectivity index (χ4n) is 5.08. The lowest BCUT2D eigenvalue weighted by atomic mass is 9.77. The lowest BCUT2D eigenvalue weighted by Gasteiger charge is -2.29. The molecule has 4 rings (SSSR count). The molecule has 1 fully saturated rings. The summed E-state index contributed by atoms with van der Waals surface area (Å²) in [5.74, 6) is 1.27. The summed E-state index contributed by atoms with van der Waals surface area (Å²) in [7, 11) is 0. The normalized spacial score (nSPS) is 20.4. The number of benzene rings is 1. The summed E-state index contributed by atoms with van der Waals surface area (Å²) in [4.78, 5) is 35.2. The molecule has 2 heterocycles. The number of hydrogen-bond acceptors (Lipinski definition) is 6. The van der Waals surface area contributed by atoms with Crippen molar-refractivity contribution in [2.75, 3.05) is 23.8 Å². The number of amides is 2. The van der Waals surface area contributed by atoms with Crippen molar-refractivity contribution in [3.8, 4) is 5.88 Å². The van der Waals surface area contributed by atoms with Gasteiger partial charge in [-0.25, -0.2) is 9.97 Å². The minimum atomic E-state index is -0.245. The topological polar surface area (TPSA) is 110 Å². The van der Waals surface area contributed by atoms with Crippen LogP contribution in [0.3, 0.4) is 0 Å². The molecule has 0 saturated heterocycles. The van der Waals surface area contributed by atoms with Crippen molar-refractivity contribution < 1.29 is 14.3 Å². The second-order valence-electron chi connectivity index (χ2n) is 9.34. The molecule has 2 aromatic rings. The number of nitrogens with two attached hydrogens (primary N) is 1. The maximum atomic E-state index is 13.1. The van der Waals surface area contributed by atoms with Crippen molar-refractivity contribution in [1.29, 1.82) is 0 Å². The second kappa shape index (κ2) is 10.8. The van der Waals surface area contributed by atoms with Crippen molar-refractivity contribution >= 4 is 23.3 Å². The van der Waals surface area contributed by atoms with E-state index in [9.17, 15) is 9.59 Å². The smallest absolute Gasteiger partial charge is 0.267 e. The van der Waals surface area contributed by atoms with Gasteiger partial charge in [0.15, 0.2) is 0 Å². The highest BCUT2D eigenvalue weighted by atomic mass is 16.5. The first-order chi connectivity index (χ1) is 16.5. The maximum absolute atomic E-state index is 13.1. The third kappa shape index (κ3) is 5.32. The Hall–Kier alpha value is -3.16. The average Bonchev–Trinajstić information content (AvgIpc) is 3.02. The number of fused-ring (bicyclic) bond motifs is 1. The van der Waals surface area contributed by atoms with E-state index in [1.165, 1.54) is 11.9 Å². The lowest BCUT2D eigenvalue weighted by Crippen LogP contribution is -2.35. The predicted octanol–water partition coefficient (Wildman–Crippen LogP) is 4.07. The Morgan fingerprint density at radius 2 is 1.85 bits per heavy atom. The quantitative estimate of drug-likeness (QED) is 0.638. The van der Waals surface area contributed by atoms with Crippen LogP contribution in [0.4, 0.5) is 11.5 Å². The highest BCUT2D eigenvalue weighted by Gasteiger charge is 2.29. The molecule has 8 nitrogen and oxygen atoms in total. The number of nitrogens with zero attached hydrogens (tertiary/aromatic N) is 3. The Balaban J connectivity index is 1.35. The Morgan fingerprint density at radius 3 is 2.53 bits per heavy atom. The number of rotatable bonds is 7. The van der Waals surface area contributed by atoms with Crippen LogP contribution in [0, 0.1) is 5.92 Å². The summed E-state index contributed by atoms with van der Waals surface area (Å²) in [5.41, 5.74) is 8.25. The van der Waals surface area contributed by atoms with Crippen LogP contribution in [0.5, 0.6) is 5.88 Å². The van der Waals surface area contributed by atoms with Crippen molar-refractivity contribution in [1.82, 2.24) is 15.3 Å². The van der Waals surface area contributed by atoms with Crippen LogP contribution < -0.4 is 20.7 Å². The van der Waals surface area contributed by atoms with E-state index in [1.807, 2.05) is 12.1 Å². The molecule has 1 aromatic carbocycles. The van der Waals surface area contributed by atoms with E-state index >= 15 is 0 Å². The Labute approximate surface area is 201 Å². The fraction of sp³-hybridized carbons (Fsp3) is 0.538. The van der Waals surface area contributed by atoms with Gasteiger partial charge in [0, 0.05) is 18.2 Å². The van der Waals surface area contributed by atoms with Crippen LogP contribution in [0.15, 0.2) is 30.6 Å². The molecule has 2 amide bonds. The summed E-state index contributed by atoms with van der Waals surface area (Å²) in [6, 6.07) is 8.51. The number of carbonyl (C=O) groups excluding carboxylic acids is 2. The Morgan fingerprint density at radius 1 is 1.15 bits per heavy atom. The van der Waals surface area contributed by atoms with E-state index in [0.29, 0.717) is 37.5 Å². The highest BCUT2D eigenvalue weighted by molar-refractivity contribution is 6.10. The molecule has 0 spiro atoms. The number of nitrogen functional groups attached to an aromatic ring is 1. The van der Waals surface area contributed by atoms with Crippen molar-refractivity contribution in [3.63, 3.8) is 0 Å². The summed E-state index contributed by atoms with van der Waals surface area (Å²) in [6.45, 7) is 4.98. The summed E-state index contributed by atoms with van der Waals surface area (Å²) in [6.07, 6.45) is 8.21. The monoisotopic (exact) mass is 465 g/mol. The van der Waals surface area contributed by atoms with Gasteiger partial charge in [-0.1, -0.05) is 26.0 Å². The molecule has 1 aliphatic carbocycles. The first kappa shape index (κ1) is 24.0. The number of carbonyl (C=O) groups is 2. The molecule has 182 valence electrons. The molecule has 1 saturated carbocycles. The van der Waals surface area contributed by atoms with E-state index in [0.717, 1.165) is 44.2 Å². The van der Waals surface area contributed by atoms with E-state index < -0.39 is 0 Å². The van der Waals surface area contributed by atoms with Gasteiger partial charge < -0.3 is 20.7 Å². The molecule has 1 aromatic heterocycles. The minimum Gasteiger partial charge on any atom is -0.475 e. The molecule has 1 aliphatic heterocycles. The molecule has 0 unspecified atom stereocenters. The number of anilines is 2. The Bertz CT molecular complexity index is 998. The van der Waals surface area contributed by atoms with Crippen molar-refractivity contribution in [2.45, 2.75) is 70.8 Å². The third-order valence-corrected chi connectivity index (χ3v) is 7.20. The van der Waals surface area contributed by atoms with E-state index in [2.05, 4.69) is 41.3 Å². The zero-order chi connectivity index (χ0) is 24.1. The fourth-order valence-corrected chi connectivity index (χ4v) is 5.08. The highest BCUT2D eigenvalue weighted by Crippen LogP contribution is 2.38. The van der Waals surface area contributed by atoms with Crippen molar-refractivity contribution in [2.24, 2.45) is 5.92 Å². The molecular formula is C26H35N5O3. The molecule has 2 aliphatic rings. The zero-order valence-electron chi connectivity index (χ0n) is 20.1. The standard InChI is InChI=1S/C26H35N5O3/c1-3-20(4-2)30-22(32)15-17-5-7-18(8-6-17)19-9-11-21(12-10-19)31-13-14-34-25-23(26(31)33)24(27)28-16-29-25/h9-12,16-18,20H,3-8,13-15H2,1-2H3,(H,30,32)(H2,27,28,29)/t17-,18-. The first-order valence-corrected chi connectivity index (χ1v) is 12.4. The average molecular weight is 466 g/mol. The Kier molecular flexibility index (Phi) is 7.65. The molecule has 0 radical (unpaired) electrons. The van der Waals surface area contributed by atoms with Crippen LogP contribution in [0.1, 0.15) is 80.6 Å².